The second-order valence-electron chi connectivity index (χ2n) is 6.70. The highest BCUT2D eigenvalue weighted by Crippen LogP contribution is 2.37. The fourth-order valence-electron chi connectivity index (χ4n) is 3.60. The van der Waals surface area contributed by atoms with Crippen molar-refractivity contribution < 1.29 is 9.72 Å². The van der Waals surface area contributed by atoms with Gasteiger partial charge in [0.25, 0.3) is 5.69 Å². The molecule has 24 heavy (non-hydrogen) atoms. The molecule has 130 valence electrons. The molecule has 0 bridgehead atoms. The average Bonchev–Trinajstić information content (AvgIpc) is 2.95. The van der Waals surface area contributed by atoms with Crippen molar-refractivity contribution in [3.8, 4) is 0 Å². The quantitative estimate of drug-likeness (QED) is 0.266. The number of nitro groups is 1. The number of ketones is 1. The molecule has 0 radical (unpaired) electrons. The number of unbranched alkanes of at least 4 members (excludes halogenated alkanes) is 4. The smallest absolute Gasteiger partial charge is 0.269 e. The van der Waals surface area contributed by atoms with Gasteiger partial charge in [0.05, 0.1) is 4.92 Å². The Hall–Kier alpha value is -1.97. The zero-order valence-electron chi connectivity index (χ0n) is 14.7. The summed E-state index contributed by atoms with van der Waals surface area (Å²) in [6, 6.07) is 6.53. The first kappa shape index (κ1) is 18.4. The molecule has 0 saturated heterocycles. The lowest BCUT2D eigenvalue weighted by atomic mass is 9.89. The highest BCUT2D eigenvalue weighted by molar-refractivity contribution is 6.04. The molecule has 1 aromatic carbocycles. The Morgan fingerprint density at radius 2 is 1.83 bits per heavy atom. The van der Waals surface area contributed by atoms with Crippen molar-refractivity contribution in [3.05, 3.63) is 45.5 Å². The number of hydrogen-bond donors (Lipinski definition) is 0. The van der Waals surface area contributed by atoms with Gasteiger partial charge in [0.15, 0.2) is 5.78 Å². The van der Waals surface area contributed by atoms with Crippen molar-refractivity contribution in [2.45, 2.75) is 65.2 Å². The Morgan fingerprint density at radius 3 is 2.46 bits per heavy atom. The third-order valence-electron chi connectivity index (χ3n) is 5.00. The van der Waals surface area contributed by atoms with E-state index >= 15 is 0 Å². The summed E-state index contributed by atoms with van der Waals surface area (Å²) in [5.74, 6) is 0.610. The average molecular weight is 329 g/mol. The lowest BCUT2D eigenvalue weighted by molar-refractivity contribution is -0.384. The topological polar surface area (TPSA) is 60.2 Å². The third-order valence-corrected chi connectivity index (χ3v) is 5.00. The van der Waals surface area contributed by atoms with Gasteiger partial charge < -0.3 is 0 Å². The summed E-state index contributed by atoms with van der Waals surface area (Å²) in [6.45, 7) is 4.19. The molecule has 0 amide bonds. The molecular formula is C20H27NO3. The number of hydrogen-bond acceptors (Lipinski definition) is 3. The van der Waals surface area contributed by atoms with Crippen LogP contribution < -0.4 is 0 Å². The molecule has 4 heteroatoms. The fourth-order valence-corrected chi connectivity index (χ4v) is 3.60. The van der Waals surface area contributed by atoms with E-state index in [1.54, 1.807) is 12.1 Å². The molecule has 1 fully saturated rings. The van der Waals surface area contributed by atoms with Crippen LogP contribution in [0.5, 0.6) is 0 Å². The van der Waals surface area contributed by atoms with Crippen molar-refractivity contribution in [1.29, 1.82) is 0 Å². The van der Waals surface area contributed by atoms with Gasteiger partial charge in [-0.1, -0.05) is 39.0 Å². The second-order valence-corrected chi connectivity index (χ2v) is 6.70. The third kappa shape index (κ3) is 4.53. The lowest BCUT2D eigenvalue weighted by Gasteiger charge is -2.14. The maximum atomic E-state index is 12.3. The molecule has 1 aliphatic carbocycles. The zero-order chi connectivity index (χ0) is 17.5. The van der Waals surface area contributed by atoms with E-state index in [0.717, 1.165) is 29.6 Å². The number of nitrogens with zero attached hydrogens (tertiary/aromatic N) is 1. The van der Waals surface area contributed by atoms with Crippen LogP contribution in [0.15, 0.2) is 29.8 Å². The molecule has 0 aromatic heterocycles. The highest BCUT2D eigenvalue weighted by atomic mass is 16.6. The summed E-state index contributed by atoms with van der Waals surface area (Å²) in [7, 11) is 0. The maximum Gasteiger partial charge on any atom is 0.269 e. The molecule has 1 aliphatic rings. The molecule has 0 aliphatic heterocycles. The number of Topliss-reactive ketones (excluding diaryl/α,β-unsaturated/α-hetero) is 1. The molecule has 1 unspecified atom stereocenters. The molecule has 1 atom stereocenters. The number of rotatable bonds is 8. The van der Waals surface area contributed by atoms with Gasteiger partial charge in [-0.25, -0.2) is 0 Å². The van der Waals surface area contributed by atoms with Crippen molar-refractivity contribution in [2.75, 3.05) is 0 Å². The van der Waals surface area contributed by atoms with E-state index < -0.39 is 4.92 Å². The molecular weight excluding hydrogens is 302 g/mol. The number of nitro benzene ring substituents is 1. The second kappa shape index (κ2) is 8.76. The van der Waals surface area contributed by atoms with Gasteiger partial charge >= 0.3 is 0 Å². The van der Waals surface area contributed by atoms with Crippen molar-refractivity contribution in [3.63, 3.8) is 0 Å². The highest BCUT2D eigenvalue weighted by Gasteiger charge is 2.30. The van der Waals surface area contributed by atoms with Crippen LogP contribution in [0.4, 0.5) is 5.69 Å². The standard InChI is InChI=1S/C20H27NO3/c1-3-4-5-6-7-8-17-11-14-19(22)20(17)15(2)16-9-12-18(13-10-16)21(23)24/h9-10,12-13,17H,3-8,11,14H2,1-2H3/b20-15-. The van der Waals surface area contributed by atoms with Crippen LogP contribution in [0.2, 0.25) is 0 Å². The fraction of sp³-hybridized carbons (Fsp3) is 0.550. The van der Waals surface area contributed by atoms with Crippen LogP contribution in [0, 0.1) is 16.0 Å². The van der Waals surface area contributed by atoms with Gasteiger partial charge in [0.2, 0.25) is 0 Å². The molecule has 0 spiro atoms. The Balaban J connectivity index is 2.10. The maximum absolute atomic E-state index is 12.3. The summed E-state index contributed by atoms with van der Waals surface area (Å²) >= 11 is 0. The van der Waals surface area contributed by atoms with Gasteiger partial charge in [-0.2, -0.15) is 0 Å². The summed E-state index contributed by atoms with van der Waals surface area (Å²) in [4.78, 5) is 22.7. The number of carbonyl (C=O) groups excluding carboxylic acids is 1. The van der Waals surface area contributed by atoms with Crippen molar-refractivity contribution in [2.24, 2.45) is 5.92 Å². The summed E-state index contributed by atoms with van der Waals surface area (Å²) in [5.41, 5.74) is 2.95. The molecule has 4 nitrogen and oxygen atoms in total. The van der Waals surface area contributed by atoms with Gasteiger partial charge in [0, 0.05) is 24.1 Å². The van der Waals surface area contributed by atoms with Gasteiger partial charge in [0.1, 0.15) is 0 Å². The SMILES string of the molecule is CCCCCCCC1CCC(=O)/C1=C(/C)c1ccc([N+](=O)[O-])cc1. The molecule has 0 N–H and O–H groups in total. The number of allylic oxidation sites excluding steroid dienone is 2. The van der Waals surface area contributed by atoms with E-state index in [1.165, 1.54) is 44.2 Å². The molecule has 2 rings (SSSR count). The Bertz CT molecular complexity index is 616. The minimum atomic E-state index is -0.397. The van der Waals surface area contributed by atoms with Crippen LogP contribution in [0.25, 0.3) is 5.57 Å². The number of benzene rings is 1. The molecule has 1 aromatic rings. The van der Waals surface area contributed by atoms with E-state index in [4.69, 9.17) is 0 Å². The van der Waals surface area contributed by atoms with E-state index in [-0.39, 0.29) is 11.5 Å². The van der Waals surface area contributed by atoms with Gasteiger partial charge in [-0.15, -0.1) is 0 Å². The first-order chi connectivity index (χ1) is 11.5. The summed E-state index contributed by atoms with van der Waals surface area (Å²) in [6.07, 6.45) is 8.88. The summed E-state index contributed by atoms with van der Waals surface area (Å²) in [5, 5.41) is 10.8. The van der Waals surface area contributed by atoms with Crippen LogP contribution in [0.1, 0.15) is 70.8 Å². The van der Waals surface area contributed by atoms with Crippen LogP contribution in [-0.4, -0.2) is 10.7 Å². The van der Waals surface area contributed by atoms with Gasteiger partial charge in [-0.05, 0) is 49.0 Å². The van der Waals surface area contributed by atoms with E-state index in [1.807, 2.05) is 6.92 Å². The predicted molar refractivity (Wildman–Crippen MR) is 96.8 cm³/mol. The van der Waals surface area contributed by atoms with Crippen LogP contribution >= 0.6 is 0 Å². The molecule has 0 heterocycles. The Kier molecular flexibility index (Phi) is 6.71. The monoisotopic (exact) mass is 329 g/mol. The first-order valence-corrected chi connectivity index (χ1v) is 9.03. The van der Waals surface area contributed by atoms with Crippen molar-refractivity contribution in [1.82, 2.24) is 0 Å². The van der Waals surface area contributed by atoms with E-state index in [2.05, 4.69) is 6.92 Å². The van der Waals surface area contributed by atoms with Gasteiger partial charge in [-0.3, -0.25) is 14.9 Å². The van der Waals surface area contributed by atoms with E-state index in [0.29, 0.717) is 12.3 Å². The first-order valence-electron chi connectivity index (χ1n) is 9.03. The van der Waals surface area contributed by atoms with E-state index in [9.17, 15) is 14.9 Å². The van der Waals surface area contributed by atoms with Crippen molar-refractivity contribution >= 4 is 17.0 Å². The molecule has 1 saturated carbocycles. The van der Waals surface area contributed by atoms with Crippen LogP contribution in [0.3, 0.4) is 0 Å². The minimum Gasteiger partial charge on any atom is -0.295 e. The Labute approximate surface area is 144 Å². The predicted octanol–water partition coefficient (Wildman–Crippen LogP) is 5.71. The number of carbonyl (C=O) groups is 1. The minimum absolute atomic E-state index is 0.0850. The largest absolute Gasteiger partial charge is 0.295 e. The Morgan fingerprint density at radius 1 is 1.17 bits per heavy atom. The lowest BCUT2D eigenvalue weighted by Crippen LogP contribution is -2.05. The van der Waals surface area contributed by atoms with Crippen LogP contribution in [-0.2, 0) is 4.79 Å². The zero-order valence-corrected chi connectivity index (χ0v) is 14.7. The normalized spacial score (nSPS) is 19.6. The number of non-ortho nitro benzene ring substituents is 1. The summed E-state index contributed by atoms with van der Waals surface area (Å²) < 4.78 is 0.